The smallest absolute Gasteiger partial charge is 0.354 e. The van der Waals surface area contributed by atoms with Gasteiger partial charge in [-0.3, -0.25) is 10.00 Å². The molecule has 6 nitrogen and oxygen atoms in total. The molecule has 0 unspecified atom stereocenters. The molecule has 2 aliphatic heterocycles. The van der Waals surface area contributed by atoms with Crippen molar-refractivity contribution in [3.63, 3.8) is 0 Å². The molecule has 1 spiro atoms. The van der Waals surface area contributed by atoms with Crippen LogP contribution in [0.3, 0.4) is 0 Å². The second-order valence-corrected chi connectivity index (χ2v) is 5.96. The first-order chi connectivity index (χ1) is 9.69. The van der Waals surface area contributed by atoms with Crippen LogP contribution >= 0.6 is 0 Å². The number of carbonyl (C=O) groups is 1. The van der Waals surface area contributed by atoms with Gasteiger partial charge < -0.3 is 9.84 Å². The van der Waals surface area contributed by atoms with Crippen LogP contribution in [0.1, 0.15) is 41.7 Å². The first-order valence-corrected chi connectivity index (χ1v) is 7.24. The van der Waals surface area contributed by atoms with E-state index < -0.39 is 5.97 Å². The number of hydrogen-bond donors (Lipinski definition) is 2. The molecule has 0 saturated carbocycles. The van der Waals surface area contributed by atoms with E-state index in [1.165, 1.54) is 25.7 Å². The third-order valence-electron chi connectivity index (χ3n) is 4.80. The molecule has 20 heavy (non-hydrogen) atoms. The number of nitrogens with one attached hydrogen (secondary N) is 1. The van der Waals surface area contributed by atoms with Crippen molar-refractivity contribution in [3.05, 3.63) is 17.5 Å². The van der Waals surface area contributed by atoms with Gasteiger partial charge in [-0.05, 0) is 44.2 Å². The van der Waals surface area contributed by atoms with E-state index in [0.717, 1.165) is 31.9 Å². The Bertz CT molecular complexity index is 470. The fourth-order valence-corrected chi connectivity index (χ4v) is 3.35. The van der Waals surface area contributed by atoms with Crippen LogP contribution in [-0.2, 0) is 11.3 Å². The Balaban J connectivity index is 1.58. The number of likely N-dealkylation sites (tertiary alicyclic amines) is 1. The minimum atomic E-state index is -0.935. The lowest BCUT2D eigenvalue weighted by atomic mass is 9.72. The van der Waals surface area contributed by atoms with Crippen LogP contribution in [0.25, 0.3) is 0 Å². The summed E-state index contributed by atoms with van der Waals surface area (Å²) in [4.78, 5) is 13.4. The van der Waals surface area contributed by atoms with Crippen LogP contribution in [0, 0.1) is 5.41 Å². The summed E-state index contributed by atoms with van der Waals surface area (Å²) in [7, 11) is 0. The van der Waals surface area contributed by atoms with Crippen LogP contribution < -0.4 is 0 Å². The number of aromatic nitrogens is 2. The van der Waals surface area contributed by atoms with E-state index in [-0.39, 0.29) is 5.69 Å². The van der Waals surface area contributed by atoms with Crippen molar-refractivity contribution < 1.29 is 14.6 Å². The van der Waals surface area contributed by atoms with Gasteiger partial charge in [0.05, 0.1) is 6.20 Å². The van der Waals surface area contributed by atoms with Gasteiger partial charge in [0.25, 0.3) is 0 Å². The summed E-state index contributed by atoms with van der Waals surface area (Å²) in [6.45, 7) is 4.52. The monoisotopic (exact) mass is 279 g/mol. The van der Waals surface area contributed by atoms with Gasteiger partial charge in [-0.1, -0.05) is 0 Å². The van der Waals surface area contributed by atoms with Crippen molar-refractivity contribution in [1.29, 1.82) is 0 Å². The molecule has 1 aromatic rings. The van der Waals surface area contributed by atoms with Crippen LogP contribution in [-0.4, -0.2) is 52.5 Å². The van der Waals surface area contributed by atoms with Crippen molar-refractivity contribution in [2.24, 2.45) is 5.41 Å². The summed E-state index contributed by atoms with van der Waals surface area (Å²) in [5, 5.41) is 15.5. The van der Waals surface area contributed by atoms with Gasteiger partial charge in [0.2, 0.25) is 0 Å². The topological polar surface area (TPSA) is 78.4 Å². The zero-order chi connectivity index (χ0) is 14.0. The summed E-state index contributed by atoms with van der Waals surface area (Å²) in [5.74, 6) is -0.935. The Labute approximate surface area is 118 Å². The van der Waals surface area contributed by atoms with Gasteiger partial charge in [0.1, 0.15) is 5.69 Å². The first kappa shape index (κ1) is 13.6. The summed E-state index contributed by atoms with van der Waals surface area (Å²) < 4.78 is 5.46. The zero-order valence-electron chi connectivity index (χ0n) is 11.6. The maximum absolute atomic E-state index is 11.1. The fraction of sp³-hybridized carbons (Fsp3) is 0.714. The molecule has 3 heterocycles. The fourth-order valence-electron chi connectivity index (χ4n) is 3.35. The molecule has 0 amide bonds. The Kier molecular flexibility index (Phi) is 3.76. The lowest BCUT2D eigenvalue weighted by molar-refractivity contribution is -0.0218. The molecule has 110 valence electrons. The van der Waals surface area contributed by atoms with E-state index in [0.29, 0.717) is 12.0 Å². The molecule has 3 rings (SSSR count). The van der Waals surface area contributed by atoms with Gasteiger partial charge in [0, 0.05) is 25.3 Å². The van der Waals surface area contributed by atoms with Crippen molar-refractivity contribution in [1.82, 2.24) is 15.1 Å². The standard InChI is InChI=1S/C14H21N3O3/c18-13(19)12-11(9-15-16-12)10-17-5-1-14(2-6-17)3-7-20-8-4-14/h9H,1-8,10H2,(H,15,16)(H,18,19). The van der Waals surface area contributed by atoms with E-state index in [9.17, 15) is 4.79 Å². The summed E-state index contributed by atoms with van der Waals surface area (Å²) in [6.07, 6.45) is 6.36. The normalized spacial score (nSPS) is 23.0. The van der Waals surface area contributed by atoms with E-state index in [1.54, 1.807) is 6.20 Å². The predicted octanol–water partition coefficient (Wildman–Crippen LogP) is 1.50. The van der Waals surface area contributed by atoms with E-state index in [2.05, 4.69) is 15.1 Å². The van der Waals surface area contributed by atoms with Gasteiger partial charge in [-0.25, -0.2) is 4.79 Å². The van der Waals surface area contributed by atoms with Gasteiger partial charge in [-0.15, -0.1) is 0 Å². The summed E-state index contributed by atoms with van der Waals surface area (Å²) >= 11 is 0. The number of aromatic carboxylic acids is 1. The van der Waals surface area contributed by atoms with Crippen molar-refractivity contribution >= 4 is 5.97 Å². The number of nitrogens with zero attached hydrogens (tertiary/aromatic N) is 2. The molecule has 0 bridgehead atoms. The second-order valence-electron chi connectivity index (χ2n) is 5.96. The van der Waals surface area contributed by atoms with E-state index in [4.69, 9.17) is 9.84 Å². The highest BCUT2D eigenvalue weighted by Gasteiger charge is 2.36. The van der Waals surface area contributed by atoms with E-state index >= 15 is 0 Å². The number of H-pyrrole nitrogens is 1. The van der Waals surface area contributed by atoms with Crippen LogP contribution in [0.4, 0.5) is 0 Å². The number of carboxylic acids is 1. The molecule has 0 atom stereocenters. The number of ether oxygens (including phenoxy) is 1. The lowest BCUT2D eigenvalue weighted by Gasteiger charge is -2.44. The Morgan fingerprint density at radius 1 is 1.35 bits per heavy atom. The lowest BCUT2D eigenvalue weighted by Crippen LogP contribution is -2.42. The predicted molar refractivity (Wildman–Crippen MR) is 72.5 cm³/mol. The molecule has 1 aromatic heterocycles. The third-order valence-corrected chi connectivity index (χ3v) is 4.80. The molecule has 0 radical (unpaired) electrons. The third kappa shape index (κ3) is 2.71. The number of rotatable bonds is 3. The Hall–Kier alpha value is -1.40. The molecular formula is C14H21N3O3. The second kappa shape index (κ2) is 5.54. The van der Waals surface area contributed by atoms with Crippen molar-refractivity contribution in [3.8, 4) is 0 Å². The molecule has 2 aliphatic rings. The molecule has 6 heteroatoms. The number of carboxylic acid groups (broad SMARTS) is 1. The average Bonchev–Trinajstić information content (AvgIpc) is 2.91. The minimum Gasteiger partial charge on any atom is -0.477 e. The number of aromatic amines is 1. The Morgan fingerprint density at radius 2 is 2.05 bits per heavy atom. The summed E-state index contributed by atoms with van der Waals surface area (Å²) in [5.41, 5.74) is 1.47. The van der Waals surface area contributed by atoms with Crippen molar-refractivity contribution in [2.75, 3.05) is 26.3 Å². The Morgan fingerprint density at radius 3 is 2.70 bits per heavy atom. The van der Waals surface area contributed by atoms with Crippen LogP contribution in [0.5, 0.6) is 0 Å². The SMILES string of the molecule is O=C(O)c1[nH]ncc1CN1CCC2(CCOCC2)CC1. The molecule has 2 fully saturated rings. The molecule has 2 saturated heterocycles. The van der Waals surface area contributed by atoms with Gasteiger partial charge in [0.15, 0.2) is 0 Å². The van der Waals surface area contributed by atoms with Crippen LogP contribution in [0.15, 0.2) is 6.20 Å². The average molecular weight is 279 g/mol. The van der Waals surface area contributed by atoms with Crippen molar-refractivity contribution in [2.45, 2.75) is 32.2 Å². The van der Waals surface area contributed by atoms with Gasteiger partial charge >= 0.3 is 5.97 Å². The number of piperidine rings is 1. The highest BCUT2D eigenvalue weighted by atomic mass is 16.5. The van der Waals surface area contributed by atoms with Gasteiger partial charge in [-0.2, -0.15) is 5.10 Å². The summed E-state index contributed by atoms with van der Waals surface area (Å²) in [6, 6.07) is 0. The molecule has 0 aliphatic carbocycles. The van der Waals surface area contributed by atoms with E-state index in [1.807, 2.05) is 0 Å². The molecule has 0 aromatic carbocycles. The maximum Gasteiger partial charge on any atom is 0.354 e. The van der Waals surface area contributed by atoms with Crippen LogP contribution in [0.2, 0.25) is 0 Å². The first-order valence-electron chi connectivity index (χ1n) is 7.24. The maximum atomic E-state index is 11.1. The number of hydrogen-bond acceptors (Lipinski definition) is 4. The highest BCUT2D eigenvalue weighted by molar-refractivity contribution is 5.86. The molecular weight excluding hydrogens is 258 g/mol. The molecule has 2 N–H and O–H groups in total. The largest absolute Gasteiger partial charge is 0.477 e. The quantitative estimate of drug-likeness (QED) is 0.876. The highest BCUT2D eigenvalue weighted by Crippen LogP contribution is 2.40. The minimum absolute atomic E-state index is 0.219. The zero-order valence-corrected chi connectivity index (χ0v) is 11.6.